The van der Waals surface area contributed by atoms with Crippen molar-refractivity contribution >= 4 is 5.96 Å². The summed E-state index contributed by atoms with van der Waals surface area (Å²) < 4.78 is 10.8. The maximum absolute atomic E-state index is 5.75. The van der Waals surface area contributed by atoms with E-state index in [-0.39, 0.29) is 5.54 Å². The maximum Gasteiger partial charge on any atom is 0.218 e. The number of ether oxygens (including phenoxy) is 2. The Labute approximate surface area is 181 Å². The SMILES string of the molecule is CN=C(NCc1cccnc1OCCOC)NCC1(N2CCCCC2)CCCCC1. The second kappa shape index (κ2) is 12.1. The minimum Gasteiger partial charge on any atom is -0.475 e. The predicted molar refractivity (Wildman–Crippen MR) is 121 cm³/mol. The quantitative estimate of drug-likeness (QED) is 0.366. The fraction of sp³-hybridized carbons (Fsp3) is 0.739. The zero-order chi connectivity index (χ0) is 21.1. The van der Waals surface area contributed by atoms with Gasteiger partial charge in [0, 0.05) is 44.5 Å². The number of likely N-dealkylation sites (tertiary alicyclic amines) is 1. The highest BCUT2D eigenvalue weighted by Crippen LogP contribution is 2.35. The van der Waals surface area contributed by atoms with E-state index in [1.54, 1.807) is 13.3 Å². The second-order valence-electron chi connectivity index (χ2n) is 8.42. The average Bonchev–Trinajstić information content (AvgIpc) is 2.81. The van der Waals surface area contributed by atoms with Gasteiger partial charge in [0.15, 0.2) is 5.96 Å². The first-order chi connectivity index (χ1) is 14.8. The number of pyridine rings is 1. The Morgan fingerprint density at radius 3 is 2.60 bits per heavy atom. The second-order valence-corrected chi connectivity index (χ2v) is 8.42. The number of hydrogen-bond acceptors (Lipinski definition) is 5. The summed E-state index contributed by atoms with van der Waals surface area (Å²) in [5.74, 6) is 1.48. The summed E-state index contributed by atoms with van der Waals surface area (Å²) in [6.07, 6.45) is 12.4. The molecule has 0 radical (unpaired) electrons. The fourth-order valence-electron chi connectivity index (χ4n) is 4.74. The van der Waals surface area contributed by atoms with Gasteiger partial charge in [-0.3, -0.25) is 9.89 Å². The summed E-state index contributed by atoms with van der Waals surface area (Å²) in [5, 5.41) is 7.08. The molecule has 1 saturated heterocycles. The molecule has 0 aromatic carbocycles. The molecule has 1 aromatic rings. The van der Waals surface area contributed by atoms with Gasteiger partial charge in [0.2, 0.25) is 5.88 Å². The van der Waals surface area contributed by atoms with Gasteiger partial charge >= 0.3 is 0 Å². The van der Waals surface area contributed by atoms with E-state index in [9.17, 15) is 0 Å². The molecule has 1 saturated carbocycles. The number of guanidine groups is 1. The summed E-state index contributed by atoms with van der Waals surface area (Å²) in [7, 11) is 3.51. The molecule has 1 aliphatic heterocycles. The van der Waals surface area contributed by atoms with E-state index in [0.717, 1.165) is 18.1 Å². The van der Waals surface area contributed by atoms with Crippen molar-refractivity contribution in [2.45, 2.75) is 63.5 Å². The molecule has 2 fully saturated rings. The monoisotopic (exact) mass is 417 g/mol. The number of hydrogen-bond donors (Lipinski definition) is 2. The summed E-state index contributed by atoms with van der Waals surface area (Å²) >= 11 is 0. The number of rotatable bonds is 9. The number of aliphatic imine (C=N–C) groups is 1. The summed E-state index contributed by atoms with van der Waals surface area (Å²) in [6.45, 7) is 5.09. The van der Waals surface area contributed by atoms with Crippen LogP contribution in [0.2, 0.25) is 0 Å². The first-order valence-electron chi connectivity index (χ1n) is 11.5. The highest BCUT2D eigenvalue weighted by atomic mass is 16.5. The van der Waals surface area contributed by atoms with Gasteiger partial charge in [-0.25, -0.2) is 4.98 Å². The Hall–Kier alpha value is -1.86. The zero-order valence-electron chi connectivity index (χ0n) is 18.8. The third-order valence-electron chi connectivity index (χ3n) is 6.44. The summed E-state index contributed by atoms with van der Waals surface area (Å²) in [5.41, 5.74) is 1.29. The average molecular weight is 418 g/mol. The van der Waals surface area contributed by atoms with Crippen molar-refractivity contribution in [2.75, 3.05) is 47.0 Å². The molecule has 7 nitrogen and oxygen atoms in total. The van der Waals surface area contributed by atoms with Gasteiger partial charge in [-0.1, -0.05) is 31.7 Å². The Balaban J connectivity index is 1.56. The first-order valence-corrected chi connectivity index (χ1v) is 11.5. The van der Waals surface area contributed by atoms with Crippen LogP contribution in [0.4, 0.5) is 0 Å². The molecule has 30 heavy (non-hydrogen) atoms. The third kappa shape index (κ3) is 6.32. The molecular weight excluding hydrogens is 378 g/mol. The molecule has 2 N–H and O–H groups in total. The van der Waals surface area contributed by atoms with Crippen molar-refractivity contribution in [1.82, 2.24) is 20.5 Å². The first kappa shape index (κ1) is 22.8. The Bertz CT molecular complexity index is 655. The maximum atomic E-state index is 5.75. The van der Waals surface area contributed by atoms with Crippen LogP contribution in [0.15, 0.2) is 23.3 Å². The van der Waals surface area contributed by atoms with Crippen molar-refractivity contribution in [2.24, 2.45) is 4.99 Å². The molecule has 1 aliphatic carbocycles. The molecule has 3 rings (SSSR count). The number of piperidine rings is 1. The van der Waals surface area contributed by atoms with E-state index < -0.39 is 0 Å². The number of nitrogens with zero attached hydrogens (tertiary/aromatic N) is 3. The summed E-state index contributed by atoms with van der Waals surface area (Å²) in [4.78, 5) is 11.6. The molecule has 0 spiro atoms. The smallest absolute Gasteiger partial charge is 0.218 e. The van der Waals surface area contributed by atoms with Gasteiger partial charge in [-0.2, -0.15) is 0 Å². The lowest BCUT2D eigenvalue weighted by atomic mass is 9.79. The van der Waals surface area contributed by atoms with Crippen LogP contribution in [0.5, 0.6) is 5.88 Å². The van der Waals surface area contributed by atoms with Crippen LogP contribution >= 0.6 is 0 Å². The molecule has 1 aromatic heterocycles. The normalized spacial score (nSPS) is 20.0. The molecule has 7 heteroatoms. The van der Waals surface area contributed by atoms with Crippen molar-refractivity contribution in [3.63, 3.8) is 0 Å². The number of methoxy groups -OCH3 is 1. The molecule has 168 valence electrons. The van der Waals surface area contributed by atoms with E-state index in [2.05, 4.69) is 25.5 Å². The Morgan fingerprint density at radius 2 is 1.87 bits per heavy atom. The number of aromatic nitrogens is 1. The van der Waals surface area contributed by atoms with E-state index in [4.69, 9.17) is 9.47 Å². The van der Waals surface area contributed by atoms with E-state index >= 15 is 0 Å². The number of nitrogens with one attached hydrogen (secondary N) is 2. The van der Waals surface area contributed by atoms with Crippen LogP contribution in [-0.4, -0.2) is 68.4 Å². The lowest BCUT2D eigenvalue weighted by Gasteiger charge is -2.48. The van der Waals surface area contributed by atoms with Crippen LogP contribution in [0.25, 0.3) is 0 Å². The van der Waals surface area contributed by atoms with Gasteiger partial charge in [0.1, 0.15) is 6.61 Å². The van der Waals surface area contributed by atoms with Crippen molar-refractivity contribution in [1.29, 1.82) is 0 Å². The zero-order valence-corrected chi connectivity index (χ0v) is 18.8. The van der Waals surface area contributed by atoms with Crippen molar-refractivity contribution in [3.05, 3.63) is 23.9 Å². The predicted octanol–water partition coefficient (Wildman–Crippen LogP) is 2.96. The van der Waals surface area contributed by atoms with Gasteiger partial charge in [0.25, 0.3) is 0 Å². The Morgan fingerprint density at radius 1 is 1.10 bits per heavy atom. The topological polar surface area (TPSA) is 71.0 Å². The van der Waals surface area contributed by atoms with Crippen LogP contribution in [0.3, 0.4) is 0 Å². The fourth-order valence-corrected chi connectivity index (χ4v) is 4.74. The van der Waals surface area contributed by atoms with Crippen LogP contribution in [-0.2, 0) is 11.3 Å². The van der Waals surface area contributed by atoms with E-state index in [1.165, 1.54) is 64.5 Å². The van der Waals surface area contributed by atoms with E-state index in [0.29, 0.717) is 25.6 Å². The minimum atomic E-state index is 0.277. The summed E-state index contributed by atoms with van der Waals surface area (Å²) in [6, 6.07) is 3.97. The van der Waals surface area contributed by atoms with Gasteiger partial charge in [0.05, 0.1) is 6.61 Å². The van der Waals surface area contributed by atoms with Gasteiger partial charge < -0.3 is 20.1 Å². The van der Waals surface area contributed by atoms with Crippen molar-refractivity contribution < 1.29 is 9.47 Å². The minimum absolute atomic E-state index is 0.277. The Kier molecular flexibility index (Phi) is 9.21. The molecule has 0 atom stereocenters. The van der Waals surface area contributed by atoms with Gasteiger partial charge in [-0.05, 0) is 44.8 Å². The van der Waals surface area contributed by atoms with Crippen LogP contribution in [0, 0.1) is 0 Å². The molecule has 0 unspecified atom stereocenters. The molecule has 0 amide bonds. The lowest BCUT2D eigenvalue weighted by Crippen LogP contribution is -2.59. The third-order valence-corrected chi connectivity index (χ3v) is 6.44. The molecule has 2 heterocycles. The standard InChI is InChI=1S/C23H39N5O2/c1-24-22(26-18-20-10-9-13-25-21(20)30-17-16-29-2)27-19-23(11-5-3-6-12-23)28-14-7-4-8-15-28/h9-10,13H,3-8,11-12,14-19H2,1-2H3,(H2,24,26,27). The molecule has 0 bridgehead atoms. The largest absolute Gasteiger partial charge is 0.475 e. The highest BCUT2D eigenvalue weighted by molar-refractivity contribution is 5.79. The van der Waals surface area contributed by atoms with E-state index in [1.807, 2.05) is 19.2 Å². The molecule has 2 aliphatic rings. The van der Waals surface area contributed by atoms with Gasteiger partial charge in [-0.15, -0.1) is 0 Å². The highest BCUT2D eigenvalue weighted by Gasteiger charge is 2.38. The van der Waals surface area contributed by atoms with Crippen LogP contribution in [0.1, 0.15) is 56.9 Å². The van der Waals surface area contributed by atoms with Crippen molar-refractivity contribution in [3.8, 4) is 5.88 Å². The van der Waals surface area contributed by atoms with Crippen LogP contribution < -0.4 is 15.4 Å². The molecular formula is C23H39N5O2. The lowest BCUT2D eigenvalue weighted by molar-refractivity contribution is 0.0368.